The average Bonchev–Trinajstić information content (AvgIpc) is 1.60. The van der Waals surface area contributed by atoms with Crippen molar-refractivity contribution >= 4 is 154 Å². The first-order valence-electron chi connectivity index (χ1n) is 45.8. The van der Waals surface area contributed by atoms with Gasteiger partial charge in [0.05, 0.1) is 44.1 Å². The molecule has 0 aliphatic rings. The lowest BCUT2D eigenvalue weighted by molar-refractivity contribution is 1.16. The van der Waals surface area contributed by atoms with Gasteiger partial charge in [-0.3, -0.25) is 0 Å². The highest BCUT2D eigenvalue weighted by Gasteiger charge is 2.21. The van der Waals surface area contributed by atoms with Crippen LogP contribution in [-0.2, 0) is 0 Å². The van der Waals surface area contributed by atoms with Crippen LogP contribution in [0.1, 0.15) is 0 Å². The zero-order chi connectivity index (χ0) is 90.0. The minimum atomic E-state index is 1.16. The molecule has 640 valence electrons. The van der Waals surface area contributed by atoms with E-state index in [4.69, 9.17) is 0 Å². The number of aromatic nitrogens is 4. The molecule has 21 aromatic carbocycles. The molecule has 25 rings (SSSR count). The van der Waals surface area contributed by atoms with Gasteiger partial charge in [0.15, 0.2) is 0 Å². The van der Waals surface area contributed by atoms with Crippen LogP contribution in [0.25, 0.3) is 165 Å². The molecule has 134 heavy (non-hydrogen) atoms. The van der Waals surface area contributed by atoms with E-state index in [1.54, 1.807) is 0 Å². The van der Waals surface area contributed by atoms with Gasteiger partial charge in [0.25, 0.3) is 0 Å². The minimum Gasteiger partial charge on any atom is -0.345 e. The fraction of sp³-hybridized carbons (Fsp3) is 0.0317. The molecule has 4 aromatic heterocycles. The third kappa shape index (κ3) is 15.9. The number of rotatable bonds is 15. The summed E-state index contributed by atoms with van der Waals surface area (Å²) in [6, 6.07) is 182. The number of nitrogens with zero attached hydrogens (tertiary/aromatic N) is 8. The van der Waals surface area contributed by atoms with Crippen LogP contribution in [0.4, 0.5) is 45.5 Å². The SMILES string of the molecule is CN(c1ccc(-c2ccccc2)cc1)c1ccc2c(c1)c1ccccc1n2-c1ccc(-c2ccccc2)cc1.CN(c1ccc(-n2c3ccccc3c3ccccc32)cc1)c1ccc2ccccc2c1.CN(c1ccccc1)c1ccc2c(c1)c1ccccc1n2-c1ccc(-c2ccccc2)cc1.CN(c1ccccc1)c1ccc2c(c1)c1ccccc1n2-c1ccc2ccccc2c1. The molecule has 0 N–H and O–H groups in total. The highest BCUT2D eigenvalue weighted by Crippen LogP contribution is 2.43. The van der Waals surface area contributed by atoms with Gasteiger partial charge in [-0.05, 0) is 249 Å². The predicted octanol–water partition coefficient (Wildman–Crippen LogP) is 33.5. The van der Waals surface area contributed by atoms with Gasteiger partial charge in [0, 0.05) is 140 Å². The Kier molecular flexibility index (Phi) is 22.2. The van der Waals surface area contributed by atoms with Gasteiger partial charge >= 0.3 is 0 Å². The molecule has 8 heteroatoms. The van der Waals surface area contributed by atoms with Crippen LogP contribution in [0.3, 0.4) is 0 Å². The van der Waals surface area contributed by atoms with Crippen molar-refractivity contribution in [2.45, 2.75) is 0 Å². The Labute approximate surface area is 780 Å². The topological polar surface area (TPSA) is 32.7 Å². The van der Waals surface area contributed by atoms with Crippen molar-refractivity contribution in [3.63, 3.8) is 0 Å². The van der Waals surface area contributed by atoms with E-state index in [1.165, 1.54) is 199 Å². The van der Waals surface area contributed by atoms with Crippen LogP contribution >= 0.6 is 0 Å². The van der Waals surface area contributed by atoms with Gasteiger partial charge in [0.1, 0.15) is 0 Å². The fourth-order valence-electron chi connectivity index (χ4n) is 19.3. The lowest BCUT2D eigenvalue weighted by Gasteiger charge is -2.20. The fourth-order valence-corrected chi connectivity index (χ4v) is 19.3. The third-order valence-electron chi connectivity index (χ3n) is 26.4. The lowest BCUT2D eigenvalue weighted by atomic mass is 10.1. The lowest BCUT2D eigenvalue weighted by Crippen LogP contribution is -2.09. The Morgan fingerprint density at radius 2 is 0.328 bits per heavy atom. The highest BCUT2D eigenvalue weighted by atomic mass is 15.1. The molecule has 25 aromatic rings. The number of hydrogen-bond acceptors (Lipinski definition) is 4. The second kappa shape index (κ2) is 36.2. The van der Waals surface area contributed by atoms with Gasteiger partial charge < -0.3 is 37.9 Å². The average molecular weight is 1720 g/mol. The standard InChI is InChI=1S/C37H28N2.C31H24N2.2C29H22N2/c1-38(31-20-16-29(17-21-31)27-10-4-2-5-11-27)33-24-25-37-35(26-33)34-14-8-9-15-36(34)39(37)32-22-18-30(19-23-32)28-12-6-3-7-13-28;1-32(25-12-6-3-7-13-25)27-20-21-31-29(22-27)28-14-8-9-15-30(28)33(31)26-18-16-24(17-19-26)23-10-4-2-5-11-23;1-30(25-15-14-21-8-2-3-9-22(21)20-25)23-16-18-24(19-17-23)31-28-12-6-4-10-26(28)27-11-5-7-13-29(27)31;1-30(23-11-3-2-4-12-23)24-17-18-29-27(20-24)26-13-7-8-14-28(26)31(29)25-16-15-21-9-5-6-10-22(21)19-25/h2-26H,1H3;2-22H,1H3;2*2-20H,1H3. The summed E-state index contributed by atoms with van der Waals surface area (Å²) < 4.78 is 9.47. The molecule has 0 atom stereocenters. The van der Waals surface area contributed by atoms with Crippen LogP contribution < -0.4 is 19.6 Å². The smallest absolute Gasteiger partial charge is 0.0542 e. The Balaban J connectivity index is 0.000000104. The van der Waals surface area contributed by atoms with Crippen LogP contribution in [-0.4, -0.2) is 46.5 Å². The van der Waals surface area contributed by atoms with Crippen molar-refractivity contribution in [2.75, 3.05) is 47.8 Å². The summed E-state index contributed by atoms with van der Waals surface area (Å²) in [5, 5.41) is 15.2. The summed E-state index contributed by atoms with van der Waals surface area (Å²) in [6.45, 7) is 0. The first-order valence-corrected chi connectivity index (χ1v) is 45.8. The van der Waals surface area contributed by atoms with Crippen LogP contribution in [0.2, 0.25) is 0 Å². The first-order chi connectivity index (χ1) is 66.1. The Morgan fingerprint density at radius 1 is 0.127 bits per heavy atom. The van der Waals surface area contributed by atoms with Crippen molar-refractivity contribution in [1.29, 1.82) is 0 Å². The molecular formula is C126H96N8. The van der Waals surface area contributed by atoms with E-state index in [-0.39, 0.29) is 0 Å². The summed E-state index contributed by atoms with van der Waals surface area (Å²) in [7, 11) is 8.51. The number of fused-ring (bicyclic) bond motifs is 14. The summed E-state index contributed by atoms with van der Waals surface area (Å²) >= 11 is 0. The molecule has 0 bridgehead atoms. The maximum absolute atomic E-state index is 2.38. The van der Waals surface area contributed by atoms with Gasteiger partial charge in [-0.1, -0.05) is 315 Å². The molecule has 0 fully saturated rings. The molecule has 0 aliphatic carbocycles. The Bertz CT molecular complexity index is 8460. The second-order valence-corrected chi connectivity index (χ2v) is 34.3. The number of para-hydroxylation sites is 7. The van der Waals surface area contributed by atoms with E-state index in [0.29, 0.717) is 0 Å². The van der Waals surface area contributed by atoms with Crippen LogP contribution in [0.5, 0.6) is 0 Å². The predicted molar refractivity (Wildman–Crippen MR) is 572 cm³/mol. The van der Waals surface area contributed by atoms with E-state index >= 15 is 0 Å². The molecule has 0 saturated heterocycles. The molecule has 8 nitrogen and oxygen atoms in total. The third-order valence-corrected chi connectivity index (χ3v) is 26.4. The van der Waals surface area contributed by atoms with E-state index in [9.17, 15) is 0 Å². The zero-order valence-electron chi connectivity index (χ0n) is 75.1. The molecule has 0 amide bonds. The van der Waals surface area contributed by atoms with Crippen molar-refractivity contribution < 1.29 is 0 Å². The van der Waals surface area contributed by atoms with Gasteiger partial charge in [-0.15, -0.1) is 0 Å². The van der Waals surface area contributed by atoms with E-state index in [0.717, 1.165) is 11.4 Å². The quantitative estimate of drug-likeness (QED) is 0.102. The van der Waals surface area contributed by atoms with Gasteiger partial charge in [0.2, 0.25) is 0 Å². The van der Waals surface area contributed by atoms with E-state index in [1.807, 2.05) is 0 Å². The zero-order valence-corrected chi connectivity index (χ0v) is 75.1. The van der Waals surface area contributed by atoms with Gasteiger partial charge in [-0.2, -0.15) is 0 Å². The molecule has 0 spiro atoms. The molecule has 4 heterocycles. The Morgan fingerprint density at radius 3 is 0.672 bits per heavy atom. The molecule has 0 aliphatic heterocycles. The molecular weight excluding hydrogens is 1630 g/mol. The van der Waals surface area contributed by atoms with Crippen LogP contribution in [0, 0.1) is 0 Å². The largest absolute Gasteiger partial charge is 0.345 e. The Hall–Kier alpha value is -17.5. The molecule has 0 saturated carbocycles. The monoisotopic (exact) mass is 1720 g/mol. The maximum Gasteiger partial charge on any atom is 0.0542 e. The summed E-state index contributed by atoms with van der Waals surface area (Å²) in [5.41, 5.74) is 31.3. The van der Waals surface area contributed by atoms with Gasteiger partial charge in [-0.25, -0.2) is 0 Å². The second-order valence-electron chi connectivity index (χ2n) is 34.3. The van der Waals surface area contributed by atoms with Crippen LogP contribution in [0.15, 0.2) is 510 Å². The minimum absolute atomic E-state index is 1.16. The van der Waals surface area contributed by atoms with E-state index < -0.39 is 0 Å². The van der Waals surface area contributed by atoms with Crippen molar-refractivity contribution in [3.05, 3.63) is 510 Å². The summed E-state index contributed by atoms with van der Waals surface area (Å²) in [5.74, 6) is 0. The highest BCUT2D eigenvalue weighted by molar-refractivity contribution is 6.14. The van der Waals surface area contributed by atoms with Crippen molar-refractivity contribution in [2.24, 2.45) is 0 Å². The summed E-state index contributed by atoms with van der Waals surface area (Å²) in [4.78, 5) is 8.97. The number of benzene rings is 21. The van der Waals surface area contributed by atoms with Crippen molar-refractivity contribution in [3.8, 4) is 56.1 Å². The number of hydrogen-bond donors (Lipinski definition) is 0. The number of anilines is 8. The van der Waals surface area contributed by atoms with E-state index in [2.05, 4.69) is 576 Å². The molecule has 0 radical (unpaired) electrons. The normalized spacial score (nSPS) is 11.3. The van der Waals surface area contributed by atoms with Crippen molar-refractivity contribution in [1.82, 2.24) is 18.3 Å². The first kappa shape index (κ1) is 82.2. The molecule has 0 unspecified atom stereocenters. The maximum atomic E-state index is 2.38. The summed E-state index contributed by atoms with van der Waals surface area (Å²) in [6.07, 6.45) is 0.